The summed E-state index contributed by atoms with van der Waals surface area (Å²) in [6.45, 7) is 5.79. The van der Waals surface area contributed by atoms with E-state index in [4.69, 9.17) is 0 Å². The highest BCUT2D eigenvalue weighted by atomic mass is 32.2. The molecule has 2 saturated heterocycles. The van der Waals surface area contributed by atoms with Crippen molar-refractivity contribution in [3.63, 3.8) is 0 Å². The van der Waals surface area contributed by atoms with Crippen molar-refractivity contribution < 1.29 is 33.9 Å². The number of carbonyl (C=O) groups is 6. The average molecular weight is 576 g/mol. The monoisotopic (exact) mass is 575 g/mol. The number of carboxylic acids is 1. The first kappa shape index (κ1) is 28.5. The van der Waals surface area contributed by atoms with Crippen LogP contribution in [-0.4, -0.2) is 90.9 Å². The maximum absolute atomic E-state index is 13.7. The first-order chi connectivity index (χ1) is 18.5. The highest BCUT2D eigenvalue weighted by Crippen LogP contribution is 2.45. The lowest BCUT2D eigenvalue weighted by atomic mass is 9.97. The van der Waals surface area contributed by atoms with Gasteiger partial charge in [-0.25, -0.2) is 19.3 Å². The number of hydrogen-bond acceptors (Lipinski definition) is 8. The van der Waals surface area contributed by atoms with Gasteiger partial charge in [-0.05, 0) is 12.5 Å². The van der Waals surface area contributed by atoms with Crippen LogP contribution in [0.4, 0.5) is 9.59 Å². The quantitative estimate of drug-likeness (QED) is 0.311. The van der Waals surface area contributed by atoms with Crippen LogP contribution < -0.4 is 10.6 Å². The van der Waals surface area contributed by atoms with Gasteiger partial charge in [0.05, 0.1) is 11.3 Å². The van der Waals surface area contributed by atoms with Crippen LogP contribution in [-0.2, 0) is 19.2 Å². The van der Waals surface area contributed by atoms with Gasteiger partial charge in [-0.1, -0.05) is 49.0 Å². The number of nitrogens with zero attached hydrogens (tertiary/aromatic N) is 3. The van der Waals surface area contributed by atoms with Crippen molar-refractivity contribution in [3.8, 4) is 0 Å². The summed E-state index contributed by atoms with van der Waals surface area (Å²) in [5.74, 6) is -2.54. The Balaban J connectivity index is 1.63. The van der Waals surface area contributed by atoms with Crippen LogP contribution in [0.1, 0.15) is 32.4 Å². The maximum Gasteiger partial charge on any atom is 0.352 e. The molecule has 4 atom stereocenters. The highest BCUT2D eigenvalue weighted by molar-refractivity contribution is 8.14. The molecule has 1 aromatic rings. The molecule has 39 heavy (non-hydrogen) atoms. The number of amides is 6. The topological polar surface area (TPSA) is 156 Å². The fourth-order valence-electron chi connectivity index (χ4n) is 4.68. The molecule has 0 aliphatic carbocycles. The zero-order valence-electron chi connectivity index (χ0n) is 21.6. The second kappa shape index (κ2) is 11.7. The van der Waals surface area contributed by atoms with E-state index >= 15 is 0 Å². The molecule has 2 unspecified atom stereocenters. The van der Waals surface area contributed by atoms with Gasteiger partial charge in [-0.2, -0.15) is 0 Å². The molecule has 0 radical (unpaired) electrons. The number of aliphatic carboxylic acids is 1. The Morgan fingerprint density at radius 2 is 1.82 bits per heavy atom. The van der Waals surface area contributed by atoms with Gasteiger partial charge >= 0.3 is 18.0 Å². The van der Waals surface area contributed by atoms with E-state index in [2.05, 4.69) is 10.6 Å². The summed E-state index contributed by atoms with van der Waals surface area (Å²) in [6.07, 6.45) is 0. The Hall–Kier alpha value is -3.52. The lowest BCUT2D eigenvalue weighted by Gasteiger charge is -2.49. The van der Waals surface area contributed by atoms with Crippen LogP contribution in [0.15, 0.2) is 41.6 Å². The number of carbonyl (C=O) groups excluding carboxylic acids is 5. The fourth-order valence-corrected chi connectivity index (χ4v) is 7.05. The molecule has 12 nitrogen and oxygen atoms in total. The third-order valence-corrected chi connectivity index (χ3v) is 9.13. The van der Waals surface area contributed by atoms with E-state index in [9.17, 15) is 33.9 Å². The van der Waals surface area contributed by atoms with Crippen LogP contribution in [0.25, 0.3) is 0 Å². The minimum Gasteiger partial charge on any atom is -0.477 e. The number of fused-ring (bicyclic) bond motifs is 1. The van der Waals surface area contributed by atoms with Crippen molar-refractivity contribution >= 4 is 58.5 Å². The molecule has 208 valence electrons. The zero-order valence-corrected chi connectivity index (χ0v) is 23.2. The van der Waals surface area contributed by atoms with Crippen LogP contribution >= 0.6 is 23.5 Å². The van der Waals surface area contributed by atoms with Crippen LogP contribution in [0.3, 0.4) is 0 Å². The van der Waals surface area contributed by atoms with Crippen molar-refractivity contribution in [2.24, 2.45) is 5.92 Å². The molecule has 6 amide bonds. The van der Waals surface area contributed by atoms with E-state index in [1.807, 2.05) is 0 Å². The Morgan fingerprint density at radius 3 is 2.41 bits per heavy atom. The van der Waals surface area contributed by atoms with Crippen LogP contribution in [0, 0.1) is 5.92 Å². The number of thioether (sulfide) groups is 2. The van der Waals surface area contributed by atoms with Gasteiger partial charge in [0.15, 0.2) is 5.12 Å². The predicted octanol–water partition coefficient (Wildman–Crippen LogP) is 1.81. The second-order valence-corrected chi connectivity index (χ2v) is 11.6. The number of hydrogen-bond donors (Lipinski definition) is 3. The number of rotatable bonds is 8. The Morgan fingerprint density at radius 1 is 1.13 bits per heavy atom. The lowest BCUT2D eigenvalue weighted by Crippen LogP contribution is -2.61. The largest absolute Gasteiger partial charge is 0.477 e. The van der Waals surface area contributed by atoms with E-state index in [0.717, 1.165) is 16.7 Å². The number of urea groups is 2. The smallest absolute Gasteiger partial charge is 0.352 e. The van der Waals surface area contributed by atoms with Crippen LogP contribution in [0.2, 0.25) is 0 Å². The van der Waals surface area contributed by atoms with E-state index in [-0.39, 0.29) is 45.9 Å². The van der Waals surface area contributed by atoms with E-state index in [1.54, 1.807) is 44.2 Å². The predicted molar refractivity (Wildman–Crippen MR) is 144 cm³/mol. The van der Waals surface area contributed by atoms with Crippen molar-refractivity contribution in [2.75, 3.05) is 25.4 Å². The first-order valence-electron chi connectivity index (χ1n) is 12.4. The lowest BCUT2D eigenvalue weighted by molar-refractivity contribution is -0.151. The summed E-state index contributed by atoms with van der Waals surface area (Å²) in [7, 11) is 0. The Kier molecular flexibility index (Phi) is 8.54. The minimum atomic E-state index is -1.33. The highest BCUT2D eigenvalue weighted by Gasteiger charge is 2.52. The van der Waals surface area contributed by atoms with E-state index in [0.29, 0.717) is 18.7 Å². The molecular weight excluding hydrogens is 546 g/mol. The number of β-lactam (4-membered cyclic amide) rings is 1. The van der Waals surface area contributed by atoms with Gasteiger partial charge in [0.25, 0.3) is 0 Å². The molecule has 3 heterocycles. The van der Waals surface area contributed by atoms with Gasteiger partial charge in [0.1, 0.15) is 17.1 Å². The van der Waals surface area contributed by atoms with Crippen LogP contribution in [0.5, 0.6) is 0 Å². The minimum absolute atomic E-state index is 0.167. The molecule has 3 aliphatic rings. The Labute approximate surface area is 233 Å². The van der Waals surface area contributed by atoms with Gasteiger partial charge in [0, 0.05) is 37.9 Å². The Bertz CT molecular complexity index is 1240. The molecule has 0 aromatic heterocycles. The van der Waals surface area contributed by atoms with Crippen molar-refractivity contribution in [1.29, 1.82) is 0 Å². The van der Waals surface area contributed by atoms with Gasteiger partial charge < -0.3 is 20.6 Å². The van der Waals surface area contributed by atoms with Crippen molar-refractivity contribution in [2.45, 2.75) is 37.6 Å². The molecule has 3 N–H and O–H groups in total. The average Bonchev–Trinajstić information content (AvgIpc) is 3.30. The SMILES string of the molecule is CCN1CCN(C(=O)NC(C(=O)NC(SC(C)=O)C2=C(C(=O)O)N3C(=O)[C@H](C)[C@H]3SC2)c2ccccc2)C1=O. The number of carboxylic acid groups (broad SMARTS) is 1. The summed E-state index contributed by atoms with van der Waals surface area (Å²) in [5.41, 5.74) is 0.388. The molecule has 0 saturated carbocycles. The standard InChI is InChI=1S/C25H29N5O7S2/c1-4-28-10-11-29(25(28)37)24(36)26-17(15-8-6-5-7-9-15)19(32)27-20(39-14(3)31)16-12-38-22-13(2)21(33)30(22)18(16)23(34)35/h5-9,13,17,20,22H,4,10-12H2,1-3H3,(H,26,36)(H,27,32)(H,34,35)/t13-,17?,20?,22+/m0/s1. The summed E-state index contributed by atoms with van der Waals surface area (Å²) >= 11 is 2.08. The van der Waals surface area contributed by atoms with E-state index < -0.39 is 35.4 Å². The molecule has 14 heteroatoms. The number of likely N-dealkylation sites (N-methyl/N-ethyl adjacent to an activating group) is 1. The fraction of sp³-hybridized carbons (Fsp3) is 0.440. The molecule has 3 aliphatic heterocycles. The summed E-state index contributed by atoms with van der Waals surface area (Å²) < 4.78 is 0. The third kappa shape index (κ3) is 5.62. The molecule has 0 spiro atoms. The van der Waals surface area contributed by atoms with Gasteiger partial charge in [-0.3, -0.25) is 19.3 Å². The molecule has 4 rings (SSSR count). The number of nitrogens with one attached hydrogen (secondary N) is 2. The third-order valence-electron chi connectivity index (χ3n) is 6.72. The number of imide groups is 1. The zero-order chi connectivity index (χ0) is 28.4. The van der Waals surface area contributed by atoms with Crippen molar-refractivity contribution in [3.05, 3.63) is 47.2 Å². The normalized spacial score (nSPS) is 22.2. The maximum atomic E-state index is 13.7. The molecular formula is C25H29N5O7S2. The summed E-state index contributed by atoms with van der Waals surface area (Å²) in [5, 5.41) is 13.5. The van der Waals surface area contributed by atoms with Gasteiger partial charge in [0.2, 0.25) is 11.8 Å². The first-order valence-corrected chi connectivity index (χ1v) is 14.3. The summed E-state index contributed by atoms with van der Waals surface area (Å²) in [4.78, 5) is 79.9. The molecule has 0 bridgehead atoms. The van der Waals surface area contributed by atoms with Gasteiger partial charge in [-0.15, -0.1) is 11.8 Å². The van der Waals surface area contributed by atoms with E-state index in [1.165, 1.54) is 28.5 Å². The summed E-state index contributed by atoms with van der Waals surface area (Å²) in [6, 6.07) is 5.90. The molecule has 2 fully saturated rings. The molecule has 1 aromatic carbocycles. The van der Waals surface area contributed by atoms with Crippen molar-refractivity contribution in [1.82, 2.24) is 25.3 Å². The number of benzene rings is 1. The second-order valence-electron chi connectivity index (χ2n) is 9.18.